The van der Waals surface area contributed by atoms with Gasteiger partial charge in [0.2, 0.25) is 0 Å². The molecule has 0 bridgehead atoms. The largest absolute Gasteiger partial charge is 0.370 e. The number of carbonyl (C=O) groups excluding carboxylic acids is 1. The van der Waals surface area contributed by atoms with E-state index in [1.54, 1.807) is 18.3 Å². The van der Waals surface area contributed by atoms with Gasteiger partial charge in [-0.15, -0.1) is 0 Å². The van der Waals surface area contributed by atoms with E-state index in [1.165, 1.54) is 0 Å². The van der Waals surface area contributed by atoms with Crippen molar-refractivity contribution < 1.29 is 4.79 Å². The van der Waals surface area contributed by atoms with E-state index in [4.69, 9.17) is 11.6 Å². The van der Waals surface area contributed by atoms with Crippen LogP contribution in [0.3, 0.4) is 0 Å². The summed E-state index contributed by atoms with van der Waals surface area (Å²) in [6.07, 6.45) is 2.66. The smallest absolute Gasteiger partial charge is 0.271 e. The number of halogens is 1. The van der Waals surface area contributed by atoms with E-state index in [2.05, 4.69) is 27.5 Å². The molecule has 0 aliphatic heterocycles. The van der Waals surface area contributed by atoms with Crippen LogP contribution in [-0.2, 0) is 6.54 Å². The van der Waals surface area contributed by atoms with Gasteiger partial charge in [0.1, 0.15) is 11.5 Å². The molecule has 2 rings (SSSR count). The Morgan fingerprint density at radius 2 is 2.14 bits per heavy atom. The number of amides is 1. The fourth-order valence-electron chi connectivity index (χ4n) is 1.71. The van der Waals surface area contributed by atoms with Gasteiger partial charge < -0.3 is 10.6 Å². The number of nitrogens with one attached hydrogen (secondary N) is 2. The van der Waals surface area contributed by atoms with Crippen molar-refractivity contribution in [1.82, 2.24) is 15.3 Å². The molecule has 2 aromatic rings. The van der Waals surface area contributed by atoms with Gasteiger partial charge in [-0.2, -0.15) is 0 Å². The summed E-state index contributed by atoms with van der Waals surface area (Å²) in [7, 11) is 0. The molecule has 0 atom stereocenters. The van der Waals surface area contributed by atoms with Crippen molar-refractivity contribution in [2.45, 2.75) is 19.9 Å². The number of rotatable bonds is 6. The SMILES string of the molecule is CCCNc1ccc(Cl)c(C(=O)NCc2ccccn2)n1. The maximum atomic E-state index is 12.2. The molecule has 0 saturated carbocycles. The first-order valence-electron chi connectivity index (χ1n) is 6.79. The Hall–Kier alpha value is -2.14. The third kappa shape index (κ3) is 4.43. The van der Waals surface area contributed by atoms with Crippen LogP contribution < -0.4 is 10.6 Å². The molecule has 5 nitrogen and oxygen atoms in total. The number of hydrogen-bond acceptors (Lipinski definition) is 4. The molecule has 0 aromatic carbocycles. The molecule has 110 valence electrons. The quantitative estimate of drug-likeness (QED) is 0.861. The Balaban J connectivity index is 2.04. The predicted octanol–water partition coefficient (Wildman–Crippen LogP) is 2.88. The molecule has 0 aliphatic rings. The van der Waals surface area contributed by atoms with Crippen molar-refractivity contribution in [1.29, 1.82) is 0 Å². The second-order valence-corrected chi connectivity index (χ2v) is 4.86. The van der Waals surface area contributed by atoms with Crippen molar-refractivity contribution in [2.24, 2.45) is 0 Å². The summed E-state index contributed by atoms with van der Waals surface area (Å²) in [5.41, 5.74) is 0.996. The molecular formula is C15H17ClN4O. The van der Waals surface area contributed by atoms with Gasteiger partial charge in [-0.05, 0) is 30.7 Å². The fraction of sp³-hybridized carbons (Fsp3) is 0.267. The molecule has 6 heteroatoms. The monoisotopic (exact) mass is 304 g/mol. The molecule has 2 aromatic heterocycles. The third-order valence-corrected chi connectivity index (χ3v) is 3.08. The van der Waals surface area contributed by atoms with E-state index < -0.39 is 0 Å². The van der Waals surface area contributed by atoms with E-state index in [0.717, 1.165) is 18.7 Å². The minimum Gasteiger partial charge on any atom is -0.370 e. The molecule has 0 fully saturated rings. The van der Waals surface area contributed by atoms with Crippen molar-refractivity contribution in [2.75, 3.05) is 11.9 Å². The fourth-order valence-corrected chi connectivity index (χ4v) is 1.90. The van der Waals surface area contributed by atoms with E-state index in [1.807, 2.05) is 18.2 Å². The highest BCUT2D eigenvalue weighted by Crippen LogP contribution is 2.16. The zero-order chi connectivity index (χ0) is 15.1. The number of nitrogens with zero attached hydrogens (tertiary/aromatic N) is 2. The minimum atomic E-state index is -0.314. The molecule has 0 saturated heterocycles. The maximum Gasteiger partial charge on any atom is 0.271 e. The first-order valence-corrected chi connectivity index (χ1v) is 7.17. The summed E-state index contributed by atoms with van der Waals surface area (Å²) in [4.78, 5) is 20.5. The predicted molar refractivity (Wildman–Crippen MR) is 83.4 cm³/mol. The third-order valence-electron chi connectivity index (χ3n) is 2.77. The summed E-state index contributed by atoms with van der Waals surface area (Å²) in [6, 6.07) is 8.96. The van der Waals surface area contributed by atoms with Gasteiger partial charge >= 0.3 is 0 Å². The lowest BCUT2D eigenvalue weighted by atomic mass is 10.3. The lowest BCUT2D eigenvalue weighted by Crippen LogP contribution is -2.25. The molecule has 0 unspecified atom stereocenters. The van der Waals surface area contributed by atoms with E-state index in [0.29, 0.717) is 17.4 Å². The molecule has 21 heavy (non-hydrogen) atoms. The van der Waals surface area contributed by atoms with Gasteiger partial charge in [0.25, 0.3) is 5.91 Å². The van der Waals surface area contributed by atoms with Crippen molar-refractivity contribution in [3.05, 3.63) is 52.9 Å². The van der Waals surface area contributed by atoms with Gasteiger partial charge in [-0.25, -0.2) is 4.98 Å². The van der Waals surface area contributed by atoms with Crippen LogP contribution in [0.15, 0.2) is 36.5 Å². The van der Waals surface area contributed by atoms with Gasteiger partial charge in [-0.1, -0.05) is 24.6 Å². The topological polar surface area (TPSA) is 66.9 Å². The Labute approximate surface area is 128 Å². The number of carbonyl (C=O) groups is 1. The first-order chi connectivity index (χ1) is 10.2. The molecule has 1 amide bonds. The summed E-state index contributed by atoms with van der Waals surface area (Å²) in [6.45, 7) is 3.19. The number of anilines is 1. The molecule has 2 N–H and O–H groups in total. The van der Waals surface area contributed by atoms with Gasteiger partial charge in [-0.3, -0.25) is 9.78 Å². The van der Waals surface area contributed by atoms with Gasteiger partial charge in [0.15, 0.2) is 0 Å². The maximum absolute atomic E-state index is 12.2. The Kier molecular flexibility index (Phi) is 5.51. The summed E-state index contributed by atoms with van der Waals surface area (Å²) < 4.78 is 0. The van der Waals surface area contributed by atoms with Crippen LogP contribution in [0.25, 0.3) is 0 Å². The minimum absolute atomic E-state index is 0.216. The molecule has 0 spiro atoms. The van der Waals surface area contributed by atoms with E-state index in [-0.39, 0.29) is 11.6 Å². The number of hydrogen-bond donors (Lipinski definition) is 2. The highest BCUT2D eigenvalue weighted by atomic mass is 35.5. The lowest BCUT2D eigenvalue weighted by Gasteiger charge is -2.09. The van der Waals surface area contributed by atoms with Crippen LogP contribution in [0.2, 0.25) is 5.02 Å². The van der Waals surface area contributed by atoms with Crippen LogP contribution in [0, 0.1) is 0 Å². The Morgan fingerprint density at radius 3 is 2.86 bits per heavy atom. The summed E-state index contributed by atoms with van der Waals surface area (Å²) >= 11 is 6.04. The van der Waals surface area contributed by atoms with E-state index >= 15 is 0 Å². The standard InChI is InChI=1S/C15H17ClN4O/c1-2-8-18-13-7-6-12(16)14(20-13)15(21)19-10-11-5-3-4-9-17-11/h3-7,9H,2,8,10H2,1H3,(H,18,20)(H,19,21). The van der Waals surface area contributed by atoms with Crippen molar-refractivity contribution >= 4 is 23.3 Å². The Morgan fingerprint density at radius 1 is 1.29 bits per heavy atom. The van der Waals surface area contributed by atoms with Crippen LogP contribution in [0.5, 0.6) is 0 Å². The lowest BCUT2D eigenvalue weighted by molar-refractivity contribution is 0.0945. The zero-order valence-corrected chi connectivity index (χ0v) is 12.5. The summed E-state index contributed by atoms with van der Waals surface area (Å²) in [5.74, 6) is 0.329. The van der Waals surface area contributed by atoms with Crippen LogP contribution in [0.4, 0.5) is 5.82 Å². The molecule has 2 heterocycles. The second-order valence-electron chi connectivity index (χ2n) is 4.46. The van der Waals surface area contributed by atoms with Crippen LogP contribution >= 0.6 is 11.6 Å². The van der Waals surface area contributed by atoms with Gasteiger partial charge in [0.05, 0.1) is 17.3 Å². The summed E-state index contributed by atoms with van der Waals surface area (Å²) in [5, 5.41) is 6.22. The van der Waals surface area contributed by atoms with Crippen LogP contribution in [-0.4, -0.2) is 22.4 Å². The average Bonchev–Trinajstić information content (AvgIpc) is 2.53. The zero-order valence-electron chi connectivity index (χ0n) is 11.8. The molecular weight excluding hydrogens is 288 g/mol. The first kappa shape index (κ1) is 15.3. The Bertz CT molecular complexity index is 604. The van der Waals surface area contributed by atoms with Crippen molar-refractivity contribution in [3.63, 3.8) is 0 Å². The average molecular weight is 305 g/mol. The molecule has 0 aliphatic carbocycles. The highest BCUT2D eigenvalue weighted by molar-refractivity contribution is 6.33. The van der Waals surface area contributed by atoms with Gasteiger partial charge in [0, 0.05) is 12.7 Å². The molecule has 0 radical (unpaired) electrons. The van der Waals surface area contributed by atoms with Crippen molar-refractivity contribution in [3.8, 4) is 0 Å². The van der Waals surface area contributed by atoms with E-state index in [9.17, 15) is 4.79 Å². The number of pyridine rings is 2. The normalized spacial score (nSPS) is 10.2. The number of aromatic nitrogens is 2. The second kappa shape index (κ2) is 7.59. The van der Waals surface area contributed by atoms with Crippen LogP contribution in [0.1, 0.15) is 29.5 Å². The highest BCUT2D eigenvalue weighted by Gasteiger charge is 2.13.